The molecule has 0 saturated carbocycles. The molecule has 6 nitrogen and oxygen atoms in total. The van der Waals surface area contributed by atoms with Gasteiger partial charge >= 0.3 is 0 Å². The lowest BCUT2D eigenvalue weighted by Gasteiger charge is -2.23. The van der Waals surface area contributed by atoms with Gasteiger partial charge in [0.1, 0.15) is 0 Å². The van der Waals surface area contributed by atoms with Gasteiger partial charge in [-0.3, -0.25) is 4.99 Å². The molecule has 1 atom stereocenters. The van der Waals surface area contributed by atoms with E-state index in [0.717, 1.165) is 38.5 Å². The van der Waals surface area contributed by atoms with Crippen LogP contribution in [0.2, 0.25) is 0 Å². The summed E-state index contributed by atoms with van der Waals surface area (Å²) in [7, 11) is 4.17. The molecular weight excluding hydrogens is 467 g/mol. The number of aliphatic imine (C=N–C) groups is 1. The lowest BCUT2D eigenvalue weighted by atomic mass is 10.1. The zero-order valence-corrected chi connectivity index (χ0v) is 20.3. The number of nitrogens with zero attached hydrogens (tertiary/aromatic N) is 2. The maximum Gasteiger partial charge on any atom is 0.191 e. The highest BCUT2D eigenvalue weighted by atomic mass is 127. The molecule has 1 rings (SSSR count). The number of unbranched alkanes of at least 4 members (excludes halogenated alkanes) is 1. The fourth-order valence-electron chi connectivity index (χ4n) is 2.57. The minimum Gasteiger partial charge on any atom is -0.379 e. The Bertz CT molecular complexity index is 500. The molecule has 0 aliphatic heterocycles. The Balaban J connectivity index is 0.00000729. The summed E-state index contributed by atoms with van der Waals surface area (Å²) in [5.74, 6) is 0.822. The van der Waals surface area contributed by atoms with Crippen LogP contribution in [0.15, 0.2) is 35.3 Å². The molecule has 7 heteroatoms. The molecule has 0 fully saturated rings. The van der Waals surface area contributed by atoms with Crippen molar-refractivity contribution in [2.24, 2.45) is 4.99 Å². The topological polar surface area (TPSA) is 58.1 Å². The minimum absolute atomic E-state index is 0. The maximum atomic E-state index is 5.60. The molecular formula is C21H39IN4O2. The maximum absolute atomic E-state index is 5.60. The normalized spacial score (nSPS) is 12.5. The molecule has 0 aliphatic carbocycles. The summed E-state index contributed by atoms with van der Waals surface area (Å²) >= 11 is 0. The van der Waals surface area contributed by atoms with E-state index in [-0.39, 0.29) is 30.0 Å². The Morgan fingerprint density at radius 3 is 2.29 bits per heavy atom. The molecule has 0 aliphatic rings. The minimum atomic E-state index is 0. The van der Waals surface area contributed by atoms with Gasteiger partial charge in [0.15, 0.2) is 5.96 Å². The summed E-state index contributed by atoms with van der Waals surface area (Å²) in [5, 5.41) is 6.63. The van der Waals surface area contributed by atoms with Gasteiger partial charge in [-0.25, -0.2) is 0 Å². The predicted molar refractivity (Wildman–Crippen MR) is 129 cm³/mol. The van der Waals surface area contributed by atoms with Crippen LogP contribution in [0.5, 0.6) is 0 Å². The summed E-state index contributed by atoms with van der Waals surface area (Å²) in [6.45, 7) is 9.23. The van der Waals surface area contributed by atoms with E-state index in [1.54, 1.807) is 0 Å². The standard InChI is InChI=1S/C21H38N4O2.HI/c1-5-7-14-26-16-17-27-15-13-23-21(22-6-2)24-18-20(25(3)4)19-11-9-8-10-12-19;/h8-12,20H,5-7,13-18H2,1-4H3,(H2,22,23,24);1H. The third kappa shape index (κ3) is 12.5. The van der Waals surface area contributed by atoms with Gasteiger partial charge in [0.25, 0.3) is 0 Å². The van der Waals surface area contributed by atoms with Crippen molar-refractivity contribution in [2.75, 3.05) is 60.2 Å². The average Bonchev–Trinajstić information content (AvgIpc) is 2.67. The monoisotopic (exact) mass is 506 g/mol. The predicted octanol–water partition coefficient (Wildman–Crippen LogP) is 3.30. The van der Waals surface area contributed by atoms with Gasteiger partial charge < -0.3 is 25.0 Å². The second-order valence-corrected chi connectivity index (χ2v) is 6.61. The van der Waals surface area contributed by atoms with Crippen molar-refractivity contribution in [2.45, 2.75) is 32.7 Å². The molecule has 2 N–H and O–H groups in total. The molecule has 1 aromatic rings. The summed E-state index contributed by atoms with van der Waals surface area (Å²) in [5.41, 5.74) is 1.27. The SMILES string of the molecule is CCCCOCCOCCNC(=NCC(c1ccccc1)N(C)C)NCC.I. The van der Waals surface area contributed by atoms with Crippen LogP contribution >= 0.6 is 24.0 Å². The van der Waals surface area contributed by atoms with Crippen LogP contribution in [0.25, 0.3) is 0 Å². The quantitative estimate of drug-likeness (QED) is 0.176. The number of ether oxygens (including phenoxy) is 2. The molecule has 0 radical (unpaired) electrons. The first-order valence-electron chi connectivity index (χ1n) is 10.1. The molecule has 28 heavy (non-hydrogen) atoms. The van der Waals surface area contributed by atoms with Gasteiger partial charge in [-0.1, -0.05) is 43.7 Å². The van der Waals surface area contributed by atoms with E-state index in [0.29, 0.717) is 26.4 Å². The molecule has 0 heterocycles. The number of nitrogens with one attached hydrogen (secondary N) is 2. The van der Waals surface area contributed by atoms with Crippen LogP contribution in [0.1, 0.15) is 38.3 Å². The first kappa shape index (κ1) is 27.1. The number of benzene rings is 1. The van der Waals surface area contributed by atoms with Crippen LogP contribution in [-0.2, 0) is 9.47 Å². The van der Waals surface area contributed by atoms with E-state index in [4.69, 9.17) is 14.5 Å². The largest absolute Gasteiger partial charge is 0.379 e. The Morgan fingerprint density at radius 1 is 1.00 bits per heavy atom. The van der Waals surface area contributed by atoms with Crippen molar-refractivity contribution in [1.29, 1.82) is 0 Å². The van der Waals surface area contributed by atoms with E-state index in [9.17, 15) is 0 Å². The summed E-state index contributed by atoms with van der Waals surface area (Å²) in [6.07, 6.45) is 2.28. The molecule has 0 aromatic heterocycles. The van der Waals surface area contributed by atoms with Gasteiger partial charge in [0, 0.05) is 19.7 Å². The zero-order valence-electron chi connectivity index (χ0n) is 17.9. The number of hydrogen-bond donors (Lipinski definition) is 2. The molecule has 0 spiro atoms. The van der Waals surface area contributed by atoms with Gasteiger partial charge in [0.05, 0.1) is 32.4 Å². The highest BCUT2D eigenvalue weighted by Crippen LogP contribution is 2.17. The van der Waals surface area contributed by atoms with Crippen LogP contribution in [0.4, 0.5) is 0 Å². The Morgan fingerprint density at radius 2 is 1.68 bits per heavy atom. The van der Waals surface area contributed by atoms with E-state index in [1.165, 1.54) is 5.56 Å². The van der Waals surface area contributed by atoms with E-state index in [2.05, 4.69) is 67.7 Å². The van der Waals surface area contributed by atoms with Gasteiger partial charge in [-0.2, -0.15) is 0 Å². The van der Waals surface area contributed by atoms with Crippen LogP contribution in [0.3, 0.4) is 0 Å². The number of rotatable bonds is 14. The zero-order chi connectivity index (χ0) is 19.7. The number of hydrogen-bond acceptors (Lipinski definition) is 4. The molecule has 0 bridgehead atoms. The van der Waals surface area contributed by atoms with Gasteiger partial charge in [-0.05, 0) is 33.0 Å². The van der Waals surface area contributed by atoms with E-state index >= 15 is 0 Å². The summed E-state index contributed by atoms with van der Waals surface area (Å²) in [4.78, 5) is 6.95. The fourth-order valence-corrected chi connectivity index (χ4v) is 2.57. The lowest BCUT2D eigenvalue weighted by molar-refractivity contribution is 0.0487. The van der Waals surface area contributed by atoms with Gasteiger partial charge in [-0.15, -0.1) is 24.0 Å². The van der Waals surface area contributed by atoms with E-state index in [1.807, 2.05) is 6.07 Å². The highest BCUT2D eigenvalue weighted by molar-refractivity contribution is 14.0. The fraction of sp³-hybridized carbons (Fsp3) is 0.667. The first-order valence-corrected chi connectivity index (χ1v) is 10.1. The second-order valence-electron chi connectivity index (χ2n) is 6.61. The smallest absolute Gasteiger partial charge is 0.191 e. The highest BCUT2D eigenvalue weighted by Gasteiger charge is 2.13. The average molecular weight is 506 g/mol. The summed E-state index contributed by atoms with van der Waals surface area (Å²) in [6, 6.07) is 10.7. The van der Waals surface area contributed by atoms with E-state index < -0.39 is 0 Å². The van der Waals surface area contributed by atoms with Gasteiger partial charge in [0.2, 0.25) is 0 Å². The first-order chi connectivity index (χ1) is 13.2. The van der Waals surface area contributed by atoms with Crippen molar-refractivity contribution < 1.29 is 9.47 Å². The lowest BCUT2D eigenvalue weighted by Crippen LogP contribution is -2.39. The van der Waals surface area contributed by atoms with Crippen molar-refractivity contribution in [3.05, 3.63) is 35.9 Å². The van der Waals surface area contributed by atoms with Crippen LogP contribution < -0.4 is 10.6 Å². The van der Waals surface area contributed by atoms with Crippen LogP contribution in [0, 0.1) is 0 Å². The van der Waals surface area contributed by atoms with Crippen molar-refractivity contribution in [1.82, 2.24) is 15.5 Å². The molecule has 1 aromatic carbocycles. The van der Waals surface area contributed by atoms with Crippen molar-refractivity contribution >= 4 is 29.9 Å². The van der Waals surface area contributed by atoms with Crippen LogP contribution in [-0.4, -0.2) is 71.0 Å². The Hall–Kier alpha value is -0.900. The third-order valence-electron chi connectivity index (χ3n) is 4.13. The third-order valence-corrected chi connectivity index (χ3v) is 4.13. The second kappa shape index (κ2) is 18.1. The number of halogens is 1. The Labute approximate surface area is 188 Å². The Kier molecular flexibility index (Phi) is 17.6. The van der Waals surface area contributed by atoms with Crippen molar-refractivity contribution in [3.8, 4) is 0 Å². The molecule has 162 valence electrons. The number of likely N-dealkylation sites (N-methyl/N-ethyl adjacent to an activating group) is 1. The molecule has 0 amide bonds. The number of guanidine groups is 1. The summed E-state index contributed by atoms with van der Waals surface area (Å²) < 4.78 is 11.1. The molecule has 1 unspecified atom stereocenters. The van der Waals surface area contributed by atoms with Crippen molar-refractivity contribution in [3.63, 3.8) is 0 Å². The molecule has 0 saturated heterocycles.